The second kappa shape index (κ2) is 4.95. The molecule has 1 amide bonds. The normalized spacial score (nSPS) is 16.1. The number of benzene rings is 1. The van der Waals surface area contributed by atoms with Gasteiger partial charge in [-0.15, -0.1) is 0 Å². The highest BCUT2D eigenvalue weighted by molar-refractivity contribution is 6.37. The molecule has 0 saturated heterocycles. The van der Waals surface area contributed by atoms with Crippen LogP contribution >= 0.6 is 0 Å². The van der Waals surface area contributed by atoms with Crippen LogP contribution in [0.5, 0.6) is 0 Å². The number of halogens is 3. The molecule has 8 heteroatoms. The largest absolute Gasteiger partial charge is 0.477 e. The lowest BCUT2D eigenvalue weighted by molar-refractivity contribution is -0.137. The summed E-state index contributed by atoms with van der Waals surface area (Å²) in [5.41, 5.74) is -1.85. The zero-order valence-electron chi connectivity index (χ0n) is 10.0. The number of carbonyl (C=O) groups excluding carboxylic acids is 1. The van der Waals surface area contributed by atoms with Crippen LogP contribution in [0.25, 0.3) is 0 Å². The summed E-state index contributed by atoms with van der Waals surface area (Å²) in [7, 11) is 0. The standard InChI is InChI=1S/C12H9F3N2O3/c13-12(14,15)7-3-1-2-4-9(7)17-10(18)6-5-8(16-17)11(19)20/h1-4H,5-6H2,(H,19,20). The molecule has 0 bridgehead atoms. The third-order valence-corrected chi connectivity index (χ3v) is 2.72. The van der Waals surface area contributed by atoms with E-state index in [1.165, 1.54) is 12.1 Å². The number of anilines is 1. The summed E-state index contributed by atoms with van der Waals surface area (Å²) in [5.74, 6) is -2.03. The van der Waals surface area contributed by atoms with Crippen molar-refractivity contribution in [3.8, 4) is 0 Å². The van der Waals surface area contributed by atoms with Gasteiger partial charge in [0.15, 0.2) is 0 Å². The zero-order chi connectivity index (χ0) is 14.9. The van der Waals surface area contributed by atoms with E-state index in [9.17, 15) is 22.8 Å². The highest BCUT2D eigenvalue weighted by Gasteiger charge is 2.37. The Morgan fingerprint density at radius 2 is 1.90 bits per heavy atom. The molecule has 0 atom stereocenters. The molecule has 1 aliphatic heterocycles. The molecule has 0 aromatic heterocycles. The minimum absolute atomic E-state index is 0.0984. The van der Waals surface area contributed by atoms with Crippen molar-refractivity contribution in [1.82, 2.24) is 0 Å². The maximum Gasteiger partial charge on any atom is 0.418 e. The van der Waals surface area contributed by atoms with Crippen molar-refractivity contribution in [2.45, 2.75) is 19.0 Å². The third kappa shape index (κ3) is 2.63. The molecular formula is C12H9F3N2O3. The van der Waals surface area contributed by atoms with Gasteiger partial charge >= 0.3 is 12.1 Å². The molecule has 1 aliphatic rings. The molecule has 106 valence electrons. The van der Waals surface area contributed by atoms with Crippen molar-refractivity contribution in [2.75, 3.05) is 5.01 Å². The second-order valence-electron chi connectivity index (χ2n) is 4.07. The maximum absolute atomic E-state index is 12.9. The number of hydrogen-bond acceptors (Lipinski definition) is 3. The number of carboxylic acid groups (broad SMARTS) is 1. The first-order chi connectivity index (χ1) is 9.30. The van der Waals surface area contributed by atoms with Gasteiger partial charge in [0.25, 0.3) is 0 Å². The number of aliphatic carboxylic acids is 1. The first kappa shape index (κ1) is 14.0. The van der Waals surface area contributed by atoms with Crippen molar-refractivity contribution >= 4 is 23.3 Å². The fraction of sp³-hybridized carbons (Fsp3) is 0.250. The lowest BCUT2D eigenvalue weighted by atomic mass is 10.1. The van der Waals surface area contributed by atoms with Crippen molar-refractivity contribution in [3.63, 3.8) is 0 Å². The van der Waals surface area contributed by atoms with Crippen molar-refractivity contribution in [1.29, 1.82) is 0 Å². The summed E-state index contributed by atoms with van der Waals surface area (Å²) < 4.78 is 38.7. The topological polar surface area (TPSA) is 70.0 Å². The van der Waals surface area contributed by atoms with Gasteiger partial charge in [0, 0.05) is 12.8 Å². The van der Waals surface area contributed by atoms with Gasteiger partial charge in [0.05, 0.1) is 11.3 Å². The lowest BCUT2D eigenvalue weighted by Gasteiger charge is -2.24. The van der Waals surface area contributed by atoms with Crippen LogP contribution in [-0.2, 0) is 15.8 Å². The Bertz CT molecular complexity index is 596. The number of alkyl halides is 3. The van der Waals surface area contributed by atoms with Crippen molar-refractivity contribution in [3.05, 3.63) is 29.8 Å². The minimum Gasteiger partial charge on any atom is -0.477 e. The fourth-order valence-electron chi connectivity index (χ4n) is 1.79. The third-order valence-electron chi connectivity index (χ3n) is 2.72. The van der Waals surface area contributed by atoms with Gasteiger partial charge in [-0.25, -0.2) is 4.79 Å². The second-order valence-corrected chi connectivity index (χ2v) is 4.07. The maximum atomic E-state index is 12.9. The van der Waals surface area contributed by atoms with Crippen LogP contribution in [0.15, 0.2) is 29.4 Å². The number of amides is 1. The Kier molecular flexibility index (Phi) is 3.47. The Morgan fingerprint density at radius 1 is 1.25 bits per heavy atom. The summed E-state index contributed by atoms with van der Waals surface area (Å²) in [5, 5.41) is 12.8. The monoisotopic (exact) mass is 286 g/mol. The fourth-order valence-corrected chi connectivity index (χ4v) is 1.79. The van der Waals surface area contributed by atoms with E-state index in [0.29, 0.717) is 5.01 Å². The highest BCUT2D eigenvalue weighted by atomic mass is 19.4. The lowest BCUT2D eigenvalue weighted by Crippen LogP contribution is -2.35. The molecule has 1 heterocycles. The number of nitrogens with zero attached hydrogens (tertiary/aromatic N) is 2. The molecule has 20 heavy (non-hydrogen) atoms. The minimum atomic E-state index is -4.66. The van der Waals surface area contributed by atoms with Gasteiger partial charge in [0.2, 0.25) is 5.91 Å². The Morgan fingerprint density at radius 3 is 2.50 bits per heavy atom. The SMILES string of the molecule is O=C(O)C1=NN(c2ccccc2C(F)(F)F)C(=O)CC1. The van der Waals surface area contributed by atoms with E-state index in [0.717, 1.165) is 12.1 Å². The van der Waals surface area contributed by atoms with Gasteiger partial charge in [-0.3, -0.25) is 4.79 Å². The smallest absolute Gasteiger partial charge is 0.418 e. The zero-order valence-corrected chi connectivity index (χ0v) is 10.0. The molecule has 0 saturated carbocycles. The highest BCUT2D eigenvalue weighted by Crippen LogP contribution is 2.37. The van der Waals surface area contributed by atoms with Crippen LogP contribution in [0.4, 0.5) is 18.9 Å². The summed E-state index contributed by atoms with van der Waals surface area (Å²) in [6.45, 7) is 0. The van der Waals surface area contributed by atoms with Crippen LogP contribution in [0.2, 0.25) is 0 Å². The van der Waals surface area contributed by atoms with Gasteiger partial charge in [-0.1, -0.05) is 12.1 Å². The van der Waals surface area contributed by atoms with Gasteiger partial charge in [0.1, 0.15) is 5.71 Å². The molecule has 1 aromatic carbocycles. The molecular weight excluding hydrogens is 277 g/mol. The van der Waals surface area contributed by atoms with Gasteiger partial charge in [-0.2, -0.15) is 23.3 Å². The summed E-state index contributed by atoms with van der Waals surface area (Å²) in [4.78, 5) is 22.5. The predicted octanol–water partition coefficient (Wildman–Crippen LogP) is 2.27. The number of hydrazone groups is 1. The Labute approximate surface area is 111 Å². The number of hydrogen-bond donors (Lipinski definition) is 1. The number of carbonyl (C=O) groups is 2. The summed E-state index contributed by atoms with van der Waals surface area (Å²) in [6, 6.07) is 4.40. The molecule has 0 unspecified atom stereocenters. The molecule has 2 rings (SSSR count). The average Bonchev–Trinajstić information content (AvgIpc) is 2.38. The van der Waals surface area contributed by atoms with E-state index in [1.807, 2.05) is 0 Å². The van der Waals surface area contributed by atoms with E-state index >= 15 is 0 Å². The number of rotatable bonds is 2. The molecule has 5 nitrogen and oxygen atoms in total. The van der Waals surface area contributed by atoms with Crippen LogP contribution in [0.3, 0.4) is 0 Å². The van der Waals surface area contributed by atoms with Gasteiger partial charge < -0.3 is 5.11 Å². The van der Waals surface area contributed by atoms with Crippen LogP contribution in [0, 0.1) is 0 Å². The van der Waals surface area contributed by atoms with E-state index < -0.39 is 29.3 Å². The predicted molar refractivity (Wildman–Crippen MR) is 63.2 cm³/mol. The van der Waals surface area contributed by atoms with Crippen LogP contribution in [-0.4, -0.2) is 22.7 Å². The summed E-state index contributed by atoms with van der Waals surface area (Å²) >= 11 is 0. The number of para-hydroxylation sites is 1. The Hall–Kier alpha value is -2.38. The van der Waals surface area contributed by atoms with E-state index in [4.69, 9.17) is 5.11 Å². The molecule has 1 aromatic rings. The first-order valence-corrected chi connectivity index (χ1v) is 5.60. The van der Waals surface area contributed by atoms with Crippen LogP contribution < -0.4 is 5.01 Å². The van der Waals surface area contributed by atoms with E-state index in [-0.39, 0.29) is 18.6 Å². The van der Waals surface area contributed by atoms with Crippen LogP contribution in [0.1, 0.15) is 18.4 Å². The number of carboxylic acids is 1. The van der Waals surface area contributed by atoms with E-state index in [2.05, 4.69) is 5.10 Å². The average molecular weight is 286 g/mol. The molecule has 0 spiro atoms. The summed E-state index contributed by atoms with van der Waals surface area (Å²) in [6.07, 6.45) is -4.95. The molecule has 0 aliphatic carbocycles. The van der Waals surface area contributed by atoms with E-state index in [1.54, 1.807) is 0 Å². The molecule has 0 radical (unpaired) electrons. The van der Waals surface area contributed by atoms with Gasteiger partial charge in [-0.05, 0) is 12.1 Å². The first-order valence-electron chi connectivity index (χ1n) is 5.60. The van der Waals surface area contributed by atoms with Crippen molar-refractivity contribution < 1.29 is 27.9 Å². The molecule has 1 N–H and O–H groups in total. The van der Waals surface area contributed by atoms with Crippen molar-refractivity contribution in [2.24, 2.45) is 5.10 Å². The quantitative estimate of drug-likeness (QED) is 0.906. The Balaban J connectivity index is 2.52. The molecule has 0 fully saturated rings.